The van der Waals surface area contributed by atoms with Crippen LogP contribution in [-0.4, -0.2) is 48.4 Å². The lowest BCUT2D eigenvalue weighted by Gasteiger charge is -2.19. The summed E-state index contributed by atoms with van der Waals surface area (Å²) in [7, 11) is 0. The lowest BCUT2D eigenvalue weighted by Crippen LogP contribution is -2.48. The molecule has 2 atom stereocenters. The van der Waals surface area contributed by atoms with Crippen LogP contribution in [0, 0.1) is 5.92 Å². The van der Waals surface area contributed by atoms with E-state index in [0.717, 1.165) is 0 Å². The molecular weight excluding hydrogens is 226 g/mol. The second-order valence-corrected chi connectivity index (χ2v) is 3.90. The Bertz CT molecular complexity index is 332. The number of carbonyl (C=O) groups excluding carboxylic acids is 3. The minimum atomic E-state index is -1.32. The molecule has 1 heterocycles. The van der Waals surface area contributed by atoms with E-state index in [1.807, 2.05) is 0 Å². The largest absolute Gasteiger partial charge is 0.464 e. The van der Waals surface area contributed by atoms with Crippen LogP contribution in [0.25, 0.3) is 0 Å². The van der Waals surface area contributed by atoms with E-state index in [4.69, 9.17) is 11.5 Å². The van der Waals surface area contributed by atoms with Gasteiger partial charge in [-0.05, 0) is 13.3 Å². The molecule has 2 unspecified atom stereocenters. The maximum Gasteiger partial charge on any atom is 0.332 e. The van der Waals surface area contributed by atoms with Gasteiger partial charge in [0.25, 0.3) is 5.91 Å². The molecule has 0 aromatic carbocycles. The molecule has 1 aliphatic heterocycles. The number of hydrogen-bond acceptors (Lipinski definition) is 5. The molecule has 1 rings (SSSR count). The highest BCUT2D eigenvalue weighted by molar-refractivity contribution is 6.02. The Morgan fingerprint density at radius 2 is 2.12 bits per heavy atom. The van der Waals surface area contributed by atoms with Crippen molar-refractivity contribution < 1.29 is 19.1 Å². The first-order valence-corrected chi connectivity index (χ1v) is 5.47. The fourth-order valence-corrected chi connectivity index (χ4v) is 1.72. The molecule has 4 N–H and O–H groups in total. The molecule has 1 saturated heterocycles. The SMILES string of the molecule is CCOC(=O)C(N)C(=O)N1CCC(C(N)=O)C1. The number of hydrogen-bond donors (Lipinski definition) is 2. The smallest absolute Gasteiger partial charge is 0.332 e. The molecule has 1 aliphatic rings. The number of carbonyl (C=O) groups is 3. The zero-order valence-electron chi connectivity index (χ0n) is 9.72. The molecular formula is C10H17N3O4. The maximum absolute atomic E-state index is 11.8. The molecule has 7 nitrogen and oxygen atoms in total. The van der Waals surface area contributed by atoms with Crippen molar-refractivity contribution in [2.24, 2.45) is 17.4 Å². The fourth-order valence-electron chi connectivity index (χ4n) is 1.72. The lowest BCUT2D eigenvalue weighted by atomic mass is 10.1. The average molecular weight is 243 g/mol. The van der Waals surface area contributed by atoms with Crippen LogP contribution in [-0.2, 0) is 19.1 Å². The molecule has 2 amide bonds. The molecule has 0 aliphatic carbocycles. The molecule has 96 valence electrons. The molecule has 1 fully saturated rings. The van der Waals surface area contributed by atoms with Gasteiger partial charge in [0.1, 0.15) is 0 Å². The van der Waals surface area contributed by atoms with Crippen molar-refractivity contribution in [1.29, 1.82) is 0 Å². The molecule has 0 aromatic rings. The number of nitrogens with two attached hydrogens (primary N) is 2. The predicted octanol–water partition coefficient (Wildman–Crippen LogP) is -1.79. The summed E-state index contributed by atoms with van der Waals surface area (Å²) < 4.78 is 4.66. The second-order valence-electron chi connectivity index (χ2n) is 3.90. The van der Waals surface area contributed by atoms with Crippen LogP contribution in [0.4, 0.5) is 0 Å². The second kappa shape index (κ2) is 5.62. The van der Waals surface area contributed by atoms with Crippen LogP contribution in [0.15, 0.2) is 0 Å². The number of likely N-dealkylation sites (tertiary alicyclic amines) is 1. The van der Waals surface area contributed by atoms with Crippen molar-refractivity contribution in [2.45, 2.75) is 19.4 Å². The third-order valence-corrected chi connectivity index (χ3v) is 2.71. The van der Waals surface area contributed by atoms with Crippen molar-refractivity contribution in [1.82, 2.24) is 4.90 Å². The normalized spacial score (nSPS) is 21.1. The first-order chi connectivity index (χ1) is 7.97. The van der Waals surface area contributed by atoms with E-state index in [-0.39, 0.29) is 19.1 Å². The minimum absolute atomic E-state index is 0.170. The molecule has 7 heteroatoms. The van der Waals surface area contributed by atoms with Gasteiger partial charge < -0.3 is 21.1 Å². The van der Waals surface area contributed by atoms with Gasteiger partial charge in [-0.1, -0.05) is 0 Å². The highest BCUT2D eigenvalue weighted by Crippen LogP contribution is 2.16. The summed E-state index contributed by atoms with van der Waals surface area (Å²) in [6.07, 6.45) is 0.511. The number of amides is 2. The Morgan fingerprint density at radius 1 is 1.47 bits per heavy atom. The third kappa shape index (κ3) is 3.16. The van der Waals surface area contributed by atoms with Crippen LogP contribution in [0.5, 0.6) is 0 Å². The van der Waals surface area contributed by atoms with Crippen molar-refractivity contribution >= 4 is 17.8 Å². The van der Waals surface area contributed by atoms with Gasteiger partial charge in [-0.3, -0.25) is 9.59 Å². The van der Waals surface area contributed by atoms with Crippen molar-refractivity contribution in [2.75, 3.05) is 19.7 Å². The summed E-state index contributed by atoms with van der Waals surface area (Å²) >= 11 is 0. The molecule has 0 spiro atoms. The highest BCUT2D eigenvalue weighted by atomic mass is 16.5. The highest BCUT2D eigenvalue weighted by Gasteiger charge is 2.34. The first kappa shape index (κ1) is 13.4. The summed E-state index contributed by atoms with van der Waals surface area (Å²) in [4.78, 5) is 35.4. The fraction of sp³-hybridized carbons (Fsp3) is 0.700. The Balaban J connectivity index is 2.54. The van der Waals surface area contributed by atoms with Crippen molar-refractivity contribution in [3.05, 3.63) is 0 Å². The standard InChI is InChI=1S/C10H17N3O4/c1-2-17-10(16)7(11)9(15)13-4-3-6(5-13)8(12)14/h6-7H,2-5,11H2,1H3,(H2,12,14). The molecule has 0 aromatic heterocycles. The minimum Gasteiger partial charge on any atom is -0.464 e. The number of ether oxygens (including phenoxy) is 1. The Hall–Kier alpha value is -1.63. The van der Waals surface area contributed by atoms with E-state index in [1.54, 1.807) is 6.92 Å². The van der Waals surface area contributed by atoms with E-state index in [1.165, 1.54) is 4.90 Å². The van der Waals surface area contributed by atoms with E-state index in [0.29, 0.717) is 13.0 Å². The van der Waals surface area contributed by atoms with E-state index >= 15 is 0 Å². The molecule has 17 heavy (non-hydrogen) atoms. The van der Waals surface area contributed by atoms with Gasteiger partial charge in [-0.2, -0.15) is 0 Å². The number of rotatable bonds is 4. The quantitative estimate of drug-likeness (QED) is 0.447. The monoisotopic (exact) mass is 243 g/mol. The summed E-state index contributed by atoms with van der Waals surface area (Å²) in [5.41, 5.74) is 10.6. The van der Waals surface area contributed by atoms with Crippen molar-refractivity contribution in [3.8, 4) is 0 Å². The Morgan fingerprint density at radius 3 is 2.59 bits per heavy atom. The summed E-state index contributed by atoms with van der Waals surface area (Å²) in [5, 5.41) is 0. The first-order valence-electron chi connectivity index (χ1n) is 5.47. The van der Waals surface area contributed by atoms with Gasteiger partial charge in [0.05, 0.1) is 12.5 Å². The van der Waals surface area contributed by atoms with Crippen molar-refractivity contribution in [3.63, 3.8) is 0 Å². The Labute approximate surface area is 99.1 Å². The molecule has 0 radical (unpaired) electrons. The lowest BCUT2D eigenvalue weighted by molar-refractivity contribution is -0.150. The van der Waals surface area contributed by atoms with Crippen LogP contribution in [0.2, 0.25) is 0 Å². The van der Waals surface area contributed by atoms with E-state index in [2.05, 4.69) is 4.74 Å². The topological polar surface area (TPSA) is 116 Å². The zero-order chi connectivity index (χ0) is 13.0. The number of esters is 1. The Kier molecular flexibility index (Phi) is 4.45. The van der Waals surface area contributed by atoms with Gasteiger partial charge >= 0.3 is 5.97 Å². The van der Waals surface area contributed by atoms with E-state index < -0.39 is 23.8 Å². The average Bonchev–Trinajstić information content (AvgIpc) is 2.76. The van der Waals surface area contributed by atoms with Gasteiger partial charge in [0.2, 0.25) is 5.91 Å². The predicted molar refractivity (Wildman–Crippen MR) is 58.5 cm³/mol. The van der Waals surface area contributed by atoms with Crippen LogP contribution in [0.1, 0.15) is 13.3 Å². The van der Waals surface area contributed by atoms with Crippen LogP contribution < -0.4 is 11.5 Å². The van der Waals surface area contributed by atoms with Crippen LogP contribution in [0.3, 0.4) is 0 Å². The number of primary amides is 1. The maximum atomic E-state index is 11.8. The van der Waals surface area contributed by atoms with Gasteiger partial charge in [0, 0.05) is 13.1 Å². The molecule has 0 saturated carbocycles. The summed E-state index contributed by atoms with van der Waals surface area (Å²) in [6.45, 7) is 2.42. The molecule has 0 bridgehead atoms. The number of nitrogens with zero attached hydrogens (tertiary/aromatic N) is 1. The van der Waals surface area contributed by atoms with Crippen LogP contribution >= 0.6 is 0 Å². The van der Waals surface area contributed by atoms with Gasteiger partial charge in [0.15, 0.2) is 6.04 Å². The van der Waals surface area contributed by atoms with Gasteiger partial charge in [-0.15, -0.1) is 0 Å². The summed E-state index contributed by atoms with van der Waals surface area (Å²) in [6, 6.07) is -1.32. The summed E-state index contributed by atoms with van der Waals surface area (Å²) in [5.74, 6) is -2.06. The third-order valence-electron chi connectivity index (χ3n) is 2.71. The van der Waals surface area contributed by atoms with Gasteiger partial charge in [-0.25, -0.2) is 4.79 Å². The van der Waals surface area contributed by atoms with E-state index in [9.17, 15) is 14.4 Å². The zero-order valence-corrected chi connectivity index (χ0v) is 9.72.